The number of sulfone groups is 1. The fourth-order valence-corrected chi connectivity index (χ4v) is 3.46. The normalized spacial score (nSPS) is 13.9. The number of ether oxygens (including phenoxy) is 1. The van der Waals surface area contributed by atoms with E-state index in [1.165, 1.54) is 19.2 Å². The second-order valence-corrected chi connectivity index (χ2v) is 8.63. The van der Waals surface area contributed by atoms with Crippen molar-refractivity contribution >= 4 is 38.3 Å². The number of hydrogen-bond donors (Lipinski definition) is 3. The van der Waals surface area contributed by atoms with Gasteiger partial charge in [-0.05, 0) is 25.0 Å². The Morgan fingerprint density at radius 2 is 2.11 bits per heavy atom. The minimum atomic E-state index is -3.35. The largest absolute Gasteiger partial charge is 0.495 e. The topological polar surface area (TPSA) is 133 Å². The summed E-state index contributed by atoms with van der Waals surface area (Å²) in [5.41, 5.74) is 1.53. The van der Waals surface area contributed by atoms with Crippen LogP contribution in [-0.4, -0.2) is 42.8 Å². The summed E-state index contributed by atoms with van der Waals surface area (Å²) in [6.07, 6.45) is 4.85. The van der Waals surface area contributed by atoms with E-state index in [0.29, 0.717) is 45.8 Å². The fourth-order valence-electron chi connectivity index (χ4n) is 2.83. The number of nitrogens with one attached hydrogen (secondary N) is 3. The Morgan fingerprint density at radius 1 is 1.32 bits per heavy atom. The predicted octanol–water partition coefficient (Wildman–Crippen LogP) is 2.56. The molecule has 1 aliphatic carbocycles. The minimum Gasteiger partial charge on any atom is -0.495 e. The molecule has 9 nitrogen and oxygen atoms in total. The van der Waals surface area contributed by atoms with E-state index in [1.807, 2.05) is 0 Å². The van der Waals surface area contributed by atoms with E-state index in [9.17, 15) is 13.7 Å². The molecule has 0 saturated heterocycles. The average molecular weight is 398 g/mol. The van der Waals surface area contributed by atoms with Crippen LogP contribution in [-0.2, 0) is 9.84 Å². The van der Waals surface area contributed by atoms with Crippen molar-refractivity contribution in [3.05, 3.63) is 30.0 Å². The van der Waals surface area contributed by atoms with Crippen LogP contribution in [0.5, 0.6) is 5.75 Å². The molecule has 2 heterocycles. The highest BCUT2D eigenvalue weighted by Crippen LogP contribution is 2.33. The molecule has 1 aliphatic rings. The summed E-state index contributed by atoms with van der Waals surface area (Å²) >= 11 is 0. The number of hydrogen-bond acceptors (Lipinski definition) is 8. The van der Waals surface area contributed by atoms with Gasteiger partial charge in [-0.3, -0.25) is 0 Å². The third kappa shape index (κ3) is 3.44. The van der Waals surface area contributed by atoms with Crippen molar-refractivity contribution in [3.8, 4) is 11.8 Å². The number of aromatic amines is 1. The van der Waals surface area contributed by atoms with Crippen LogP contribution < -0.4 is 15.4 Å². The molecule has 144 valence electrons. The first-order chi connectivity index (χ1) is 13.4. The van der Waals surface area contributed by atoms with Crippen LogP contribution in [0.15, 0.2) is 29.3 Å². The van der Waals surface area contributed by atoms with Crippen LogP contribution in [0.2, 0.25) is 0 Å². The number of H-pyrrole nitrogens is 1. The number of nitriles is 1. The molecule has 0 bridgehead atoms. The van der Waals surface area contributed by atoms with Gasteiger partial charge in [-0.15, -0.1) is 0 Å². The molecule has 2 aromatic heterocycles. The fraction of sp³-hybridized carbons (Fsp3) is 0.278. The molecule has 28 heavy (non-hydrogen) atoms. The van der Waals surface area contributed by atoms with Gasteiger partial charge in [0.15, 0.2) is 9.84 Å². The first-order valence-corrected chi connectivity index (χ1v) is 10.5. The molecule has 10 heteroatoms. The van der Waals surface area contributed by atoms with E-state index >= 15 is 0 Å². The van der Waals surface area contributed by atoms with E-state index in [1.54, 1.807) is 12.3 Å². The average Bonchev–Trinajstić information content (AvgIpc) is 3.37. The number of aromatic nitrogens is 3. The Hall–Kier alpha value is -3.32. The minimum absolute atomic E-state index is 0.158. The van der Waals surface area contributed by atoms with Crippen molar-refractivity contribution in [2.24, 2.45) is 0 Å². The SMILES string of the molecule is COc1cc(S(C)(=O)=O)ccc1Nc1nc(NC2CC2)c2c(C#N)c[nH]c2n1. The van der Waals surface area contributed by atoms with Crippen LogP contribution in [0.3, 0.4) is 0 Å². The first-order valence-electron chi connectivity index (χ1n) is 8.60. The van der Waals surface area contributed by atoms with Crippen molar-refractivity contribution in [1.29, 1.82) is 5.26 Å². The van der Waals surface area contributed by atoms with Gasteiger partial charge < -0.3 is 20.4 Å². The highest BCUT2D eigenvalue weighted by atomic mass is 32.2. The monoisotopic (exact) mass is 398 g/mol. The van der Waals surface area contributed by atoms with Gasteiger partial charge in [0.05, 0.1) is 28.6 Å². The van der Waals surface area contributed by atoms with E-state index in [-0.39, 0.29) is 4.90 Å². The zero-order chi connectivity index (χ0) is 19.9. The van der Waals surface area contributed by atoms with Crippen LogP contribution in [0.25, 0.3) is 11.0 Å². The van der Waals surface area contributed by atoms with E-state index in [4.69, 9.17) is 4.74 Å². The van der Waals surface area contributed by atoms with Crippen molar-refractivity contribution in [2.45, 2.75) is 23.8 Å². The van der Waals surface area contributed by atoms with Crippen molar-refractivity contribution in [1.82, 2.24) is 15.0 Å². The number of nitrogens with zero attached hydrogens (tertiary/aromatic N) is 3. The van der Waals surface area contributed by atoms with Crippen LogP contribution in [0.4, 0.5) is 17.5 Å². The van der Waals surface area contributed by atoms with E-state index in [2.05, 4.69) is 31.7 Å². The lowest BCUT2D eigenvalue weighted by Crippen LogP contribution is -2.07. The summed E-state index contributed by atoms with van der Waals surface area (Å²) in [7, 11) is -1.89. The third-order valence-corrected chi connectivity index (χ3v) is 5.53. The predicted molar refractivity (Wildman–Crippen MR) is 105 cm³/mol. The number of benzene rings is 1. The van der Waals surface area contributed by atoms with Crippen molar-refractivity contribution in [2.75, 3.05) is 24.0 Å². The second kappa shape index (κ2) is 6.69. The Bertz CT molecular complexity index is 1210. The number of fused-ring (bicyclic) bond motifs is 1. The lowest BCUT2D eigenvalue weighted by Gasteiger charge is -2.13. The molecule has 3 aromatic rings. The van der Waals surface area contributed by atoms with Crippen LogP contribution in [0.1, 0.15) is 18.4 Å². The molecule has 0 atom stereocenters. The zero-order valence-electron chi connectivity index (χ0n) is 15.3. The summed E-state index contributed by atoms with van der Waals surface area (Å²) in [5.74, 6) is 1.24. The Kier molecular flexibility index (Phi) is 4.31. The highest BCUT2D eigenvalue weighted by molar-refractivity contribution is 7.90. The van der Waals surface area contributed by atoms with E-state index < -0.39 is 9.84 Å². The summed E-state index contributed by atoms with van der Waals surface area (Å²) in [6, 6.07) is 7.03. The molecule has 0 spiro atoms. The van der Waals surface area contributed by atoms with Gasteiger partial charge in [-0.25, -0.2) is 8.42 Å². The molecular formula is C18H18N6O3S. The lowest BCUT2D eigenvalue weighted by molar-refractivity contribution is 0.415. The zero-order valence-corrected chi connectivity index (χ0v) is 16.1. The maximum Gasteiger partial charge on any atom is 0.231 e. The van der Waals surface area contributed by atoms with Crippen molar-refractivity contribution in [3.63, 3.8) is 0 Å². The molecular weight excluding hydrogens is 380 g/mol. The number of methoxy groups -OCH3 is 1. The van der Waals surface area contributed by atoms with Gasteiger partial charge in [0.2, 0.25) is 5.95 Å². The van der Waals surface area contributed by atoms with Gasteiger partial charge in [0, 0.05) is 24.6 Å². The lowest BCUT2D eigenvalue weighted by atomic mass is 10.2. The molecule has 0 aliphatic heterocycles. The molecule has 0 unspecified atom stereocenters. The quantitative estimate of drug-likeness (QED) is 0.577. The van der Waals surface area contributed by atoms with Gasteiger partial charge in [-0.2, -0.15) is 15.2 Å². The second-order valence-electron chi connectivity index (χ2n) is 6.61. The first kappa shape index (κ1) is 18.1. The van der Waals surface area contributed by atoms with Crippen LogP contribution >= 0.6 is 0 Å². The smallest absolute Gasteiger partial charge is 0.231 e. The molecule has 0 radical (unpaired) electrons. The van der Waals surface area contributed by atoms with Gasteiger partial charge in [0.25, 0.3) is 0 Å². The molecule has 1 fully saturated rings. The molecule has 0 amide bonds. The molecule has 4 rings (SSSR count). The maximum absolute atomic E-state index is 11.8. The number of anilines is 3. The summed E-state index contributed by atoms with van der Waals surface area (Å²) in [4.78, 5) is 12.1. The Labute approximate surface area is 161 Å². The van der Waals surface area contributed by atoms with Gasteiger partial charge >= 0.3 is 0 Å². The molecule has 1 aromatic carbocycles. The highest BCUT2D eigenvalue weighted by Gasteiger charge is 2.24. The molecule has 1 saturated carbocycles. The third-order valence-electron chi connectivity index (χ3n) is 4.42. The summed E-state index contributed by atoms with van der Waals surface area (Å²) < 4.78 is 28.8. The van der Waals surface area contributed by atoms with Crippen molar-refractivity contribution < 1.29 is 13.2 Å². The Morgan fingerprint density at radius 3 is 2.75 bits per heavy atom. The summed E-state index contributed by atoms with van der Waals surface area (Å²) in [5, 5.41) is 16.4. The Balaban J connectivity index is 1.75. The van der Waals surface area contributed by atoms with Crippen LogP contribution in [0, 0.1) is 11.3 Å². The van der Waals surface area contributed by atoms with Gasteiger partial charge in [0.1, 0.15) is 23.3 Å². The van der Waals surface area contributed by atoms with E-state index in [0.717, 1.165) is 19.1 Å². The summed E-state index contributed by atoms with van der Waals surface area (Å²) in [6.45, 7) is 0. The maximum atomic E-state index is 11.8. The number of rotatable bonds is 6. The molecule has 3 N–H and O–H groups in total. The van der Waals surface area contributed by atoms with Gasteiger partial charge in [-0.1, -0.05) is 0 Å². The standard InChI is InChI=1S/C18H18N6O3S/c1-27-14-7-12(28(2,25)26)5-6-13(14)22-18-23-16-15(10(8-19)9-20-16)17(24-18)21-11-3-4-11/h5-7,9,11H,3-4H2,1-2H3,(H3,20,21,22,23,24).